The van der Waals surface area contributed by atoms with E-state index in [1.807, 2.05) is 36.3 Å². The van der Waals surface area contributed by atoms with Gasteiger partial charge in [-0.25, -0.2) is 0 Å². The van der Waals surface area contributed by atoms with Gasteiger partial charge in [-0.15, -0.1) is 0 Å². The molecule has 0 unspecified atom stereocenters. The maximum absolute atomic E-state index is 4.29. The second-order valence-corrected chi connectivity index (χ2v) is 5.98. The van der Waals surface area contributed by atoms with Crippen molar-refractivity contribution in [3.63, 3.8) is 0 Å². The summed E-state index contributed by atoms with van der Waals surface area (Å²) < 4.78 is 1.84. The van der Waals surface area contributed by atoms with Crippen molar-refractivity contribution in [3.05, 3.63) is 59.9 Å². The number of benzene rings is 2. The molecule has 126 valence electrons. The lowest BCUT2D eigenvalue weighted by molar-refractivity contribution is 0.779. The number of aromatic amines is 1. The summed E-state index contributed by atoms with van der Waals surface area (Å²) in [5, 5.41) is 13.5. The molecule has 0 aliphatic rings. The summed E-state index contributed by atoms with van der Waals surface area (Å²) in [4.78, 5) is 0. The fourth-order valence-electron chi connectivity index (χ4n) is 2.36. The van der Waals surface area contributed by atoms with Gasteiger partial charge in [0.15, 0.2) is 0 Å². The Bertz CT molecular complexity index is 902. The summed E-state index contributed by atoms with van der Waals surface area (Å²) in [5.74, 6) is 0. The smallest absolute Gasteiger partial charge is 0.0925 e. The van der Waals surface area contributed by atoms with E-state index >= 15 is 0 Å². The molecular weight excluding hydrogens is 296 g/mol. The summed E-state index contributed by atoms with van der Waals surface area (Å²) in [6.07, 6.45) is 5.12. The molecule has 2 heterocycles. The monoisotopic (exact) mass is 322 g/mol. The normalized spacial score (nSPS) is 10.0. The maximum atomic E-state index is 4.29. The van der Waals surface area contributed by atoms with E-state index in [0.717, 1.165) is 11.0 Å². The van der Waals surface area contributed by atoms with Crippen molar-refractivity contribution in [1.29, 1.82) is 0 Å². The van der Waals surface area contributed by atoms with Crippen LogP contribution in [0.2, 0.25) is 0 Å². The van der Waals surface area contributed by atoms with Crippen LogP contribution in [-0.2, 0) is 7.05 Å². The third-order valence-corrected chi connectivity index (χ3v) is 3.48. The largest absolute Gasteiger partial charge is 0.278 e. The Labute approximate surface area is 143 Å². The Hall–Kier alpha value is -2.62. The topological polar surface area (TPSA) is 46.5 Å². The van der Waals surface area contributed by atoms with Gasteiger partial charge >= 0.3 is 0 Å². The molecule has 0 radical (unpaired) electrons. The zero-order chi connectivity index (χ0) is 17.5. The Morgan fingerprint density at radius 3 is 2.54 bits per heavy atom. The zero-order valence-corrected chi connectivity index (χ0v) is 15.2. The van der Waals surface area contributed by atoms with Crippen LogP contribution in [0.4, 0.5) is 0 Å². The molecule has 4 aromatic rings. The minimum atomic E-state index is 1.08. The van der Waals surface area contributed by atoms with Gasteiger partial charge < -0.3 is 0 Å². The van der Waals surface area contributed by atoms with E-state index in [1.165, 1.54) is 28.3 Å². The molecule has 0 atom stereocenters. The van der Waals surface area contributed by atoms with E-state index in [1.54, 1.807) is 0 Å². The predicted octanol–water partition coefficient (Wildman–Crippen LogP) is 5.17. The summed E-state index contributed by atoms with van der Waals surface area (Å²) in [7, 11) is 1.94. The van der Waals surface area contributed by atoms with Crippen LogP contribution in [-0.4, -0.2) is 20.0 Å². The molecule has 2 aromatic carbocycles. The number of nitrogens with one attached hydrogen (secondary N) is 1. The van der Waals surface area contributed by atoms with Crippen LogP contribution >= 0.6 is 0 Å². The van der Waals surface area contributed by atoms with E-state index in [-0.39, 0.29) is 0 Å². The molecule has 2 aromatic heterocycles. The molecular formula is C20H26N4. The third kappa shape index (κ3) is 4.44. The highest BCUT2D eigenvalue weighted by molar-refractivity contribution is 5.81. The van der Waals surface area contributed by atoms with Crippen LogP contribution in [0.1, 0.15) is 31.4 Å². The Kier molecular flexibility index (Phi) is 6.13. The first-order chi connectivity index (χ1) is 11.5. The molecule has 4 heteroatoms. The SMILES string of the molecule is CCC.Cc1ccc2cn[nH]c2c1.Cc1cccc2nn(C)cc12. The summed E-state index contributed by atoms with van der Waals surface area (Å²) in [5.41, 5.74) is 4.74. The molecule has 1 N–H and O–H groups in total. The van der Waals surface area contributed by atoms with E-state index in [9.17, 15) is 0 Å². The van der Waals surface area contributed by atoms with Crippen molar-refractivity contribution in [2.45, 2.75) is 34.1 Å². The van der Waals surface area contributed by atoms with Gasteiger partial charge in [-0.1, -0.05) is 44.5 Å². The van der Waals surface area contributed by atoms with Gasteiger partial charge in [-0.05, 0) is 37.1 Å². The summed E-state index contributed by atoms with van der Waals surface area (Å²) in [6, 6.07) is 12.4. The third-order valence-electron chi connectivity index (χ3n) is 3.48. The fourth-order valence-corrected chi connectivity index (χ4v) is 2.36. The first-order valence-electron chi connectivity index (χ1n) is 8.33. The molecule has 0 saturated carbocycles. The van der Waals surface area contributed by atoms with Gasteiger partial charge in [-0.3, -0.25) is 9.78 Å². The molecule has 0 aliphatic heterocycles. The van der Waals surface area contributed by atoms with Crippen molar-refractivity contribution in [3.8, 4) is 0 Å². The predicted molar refractivity (Wildman–Crippen MR) is 102 cm³/mol. The molecule has 0 aliphatic carbocycles. The van der Waals surface area contributed by atoms with Gasteiger partial charge in [0, 0.05) is 24.0 Å². The van der Waals surface area contributed by atoms with Crippen molar-refractivity contribution in [1.82, 2.24) is 20.0 Å². The molecule has 24 heavy (non-hydrogen) atoms. The van der Waals surface area contributed by atoms with Crippen LogP contribution in [0.25, 0.3) is 21.8 Å². The quantitative estimate of drug-likeness (QED) is 0.485. The van der Waals surface area contributed by atoms with Gasteiger partial charge in [-0.2, -0.15) is 10.2 Å². The van der Waals surface area contributed by atoms with Crippen molar-refractivity contribution in [2.75, 3.05) is 0 Å². The van der Waals surface area contributed by atoms with Crippen LogP contribution in [0.3, 0.4) is 0 Å². The zero-order valence-electron chi connectivity index (χ0n) is 15.2. The average Bonchev–Trinajstić information content (AvgIpc) is 3.14. The first-order valence-corrected chi connectivity index (χ1v) is 8.33. The van der Waals surface area contributed by atoms with Crippen molar-refractivity contribution < 1.29 is 0 Å². The second kappa shape index (κ2) is 8.29. The van der Waals surface area contributed by atoms with Crippen LogP contribution in [0.15, 0.2) is 48.8 Å². The molecule has 0 spiro atoms. The molecule has 0 saturated heterocycles. The van der Waals surface area contributed by atoms with Crippen molar-refractivity contribution in [2.24, 2.45) is 7.05 Å². The fraction of sp³-hybridized carbons (Fsp3) is 0.300. The number of aryl methyl sites for hydroxylation is 3. The van der Waals surface area contributed by atoms with Crippen LogP contribution in [0.5, 0.6) is 0 Å². The minimum absolute atomic E-state index is 1.08. The lowest BCUT2D eigenvalue weighted by Gasteiger charge is -1.90. The van der Waals surface area contributed by atoms with E-state index < -0.39 is 0 Å². The van der Waals surface area contributed by atoms with Gasteiger partial charge in [0.05, 0.1) is 17.2 Å². The van der Waals surface area contributed by atoms with Gasteiger partial charge in [0.2, 0.25) is 0 Å². The number of fused-ring (bicyclic) bond motifs is 2. The molecule has 0 bridgehead atoms. The number of hydrogen-bond donors (Lipinski definition) is 1. The Balaban J connectivity index is 0.000000150. The number of H-pyrrole nitrogens is 1. The van der Waals surface area contributed by atoms with E-state index in [2.05, 4.69) is 67.3 Å². The Morgan fingerprint density at radius 2 is 1.83 bits per heavy atom. The van der Waals surface area contributed by atoms with Gasteiger partial charge in [0.1, 0.15) is 0 Å². The number of rotatable bonds is 0. The van der Waals surface area contributed by atoms with Crippen molar-refractivity contribution >= 4 is 21.8 Å². The number of hydrogen-bond acceptors (Lipinski definition) is 2. The number of aromatic nitrogens is 4. The highest BCUT2D eigenvalue weighted by atomic mass is 15.2. The van der Waals surface area contributed by atoms with Crippen LogP contribution < -0.4 is 0 Å². The number of nitrogens with zero attached hydrogens (tertiary/aromatic N) is 3. The second-order valence-electron chi connectivity index (χ2n) is 5.98. The molecule has 4 rings (SSSR count). The standard InChI is InChI=1S/C9H10N2.C8H8N2.C3H8/c1-7-4-3-5-9-8(7)6-11(2)10-9;1-6-2-3-7-5-9-10-8(7)4-6;1-3-2/h3-6H,1-2H3;2-5H,1H3,(H,9,10);3H2,1-2H3. The van der Waals surface area contributed by atoms with E-state index in [0.29, 0.717) is 0 Å². The van der Waals surface area contributed by atoms with Crippen LogP contribution in [0, 0.1) is 13.8 Å². The Morgan fingerprint density at radius 1 is 1.08 bits per heavy atom. The average molecular weight is 322 g/mol. The summed E-state index contributed by atoms with van der Waals surface area (Å²) in [6.45, 7) is 8.42. The lowest BCUT2D eigenvalue weighted by Crippen LogP contribution is -1.84. The molecule has 0 amide bonds. The molecule has 4 nitrogen and oxygen atoms in total. The molecule has 0 fully saturated rings. The highest BCUT2D eigenvalue weighted by Crippen LogP contribution is 2.15. The maximum Gasteiger partial charge on any atom is 0.0925 e. The summed E-state index contributed by atoms with van der Waals surface area (Å²) >= 11 is 0. The lowest BCUT2D eigenvalue weighted by atomic mass is 10.1. The highest BCUT2D eigenvalue weighted by Gasteiger charge is 1.98. The van der Waals surface area contributed by atoms with Gasteiger partial charge in [0.25, 0.3) is 0 Å². The van der Waals surface area contributed by atoms with E-state index in [4.69, 9.17) is 0 Å². The first kappa shape index (κ1) is 17.7. The minimum Gasteiger partial charge on any atom is -0.278 e.